The van der Waals surface area contributed by atoms with Gasteiger partial charge in [-0.1, -0.05) is 6.07 Å². The molecular formula is C28H37N3O7. The summed E-state index contributed by atoms with van der Waals surface area (Å²) in [7, 11) is 0. The molecule has 2 N–H and O–H groups in total. The predicted octanol–water partition coefficient (Wildman–Crippen LogP) is 3.05. The SMILES string of the molecule is CC(C)(C)OC(=O)C1(C)CC1COC(C)(C)CCNc1cccc2c1C(=O)N(C1CCC(=O)NC1=O)C2=O. The number of piperidine rings is 1. The number of carbonyl (C=O) groups is 5. The number of nitrogens with zero attached hydrogens (tertiary/aromatic N) is 1. The number of nitrogens with one attached hydrogen (secondary N) is 2. The lowest BCUT2D eigenvalue weighted by Crippen LogP contribution is -2.54. The van der Waals surface area contributed by atoms with Crippen LogP contribution in [0.1, 0.15) is 87.9 Å². The number of carbonyl (C=O) groups excluding carboxylic acids is 5. The summed E-state index contributed by atoms with van der Waals surface area (Å²) in [6.07, 6.45) is 1.51. The number of hydrogen-bond donors (Lipinski definition) is 2. The van der Waals surface area contributed by atoms with Crippen LogP contribution in [0.2, 0.25) is 0 Å². The van der Waals surface area contributed by atoms with Gasteiger partial charge in [0.05, 0.1) is 28.7 Å². The fraction of sp³-hybridized carbons (Fsp3) is 0.607. The van der Waals surface area contributed by atoms with Crippen LogP contribution in [0.4, 0.5) is 5.69 Å². The van der Waals surface area contributed by atoms with E-state index in [1.165, 1.54) is 0 Å². The molecule has 0 bridgehead atoms. The van der Waals surface area contributed by atoms with Gasteiger partial charge in [-0.2, -0.15) is 0 Å². The normalized spacial score (nSPS) is 25.3. The van der Waals surface area contributed by atoms with E-state index in [2.05, 4.69) is 10.6 Å². The van der Waals surface area contributed by atoms with Crippen LogP contribution < -0.4 is 10.6 Å². The largest absolute Gasteiger partial charge is 0.460 e. The number of hydrogen-bond acceptors (Lipinski definition) is 8. The van der Waals surface area contributed by atoms with Gasteiger partial charge >= 0.3 is 5.97 Å². The highest BCUT2D eigenvalue weighted by molar-refractivity contribution is 6.25. The molecule has 4 rings (SSSR count). The lowest BCUT2D eigenvalue weighted by molar-refractivity contribution is -0.162. The summed E-state index contributed by atoms with van der Waals surface area (Å²) in [5.74, 6) is -2.23. The molecule has 10 heteroatoms. The highest BCUT2D eigenvalue weighted by Gasteiger charge is 2.58. The Bertz CT molecular complexity index is 1190. The van der Waals surface area contributed by atoms with Crippen LogP contribution in [0, 0.1) is 11.3 Å². The molecule has 0 spiro atoms. The molecular weight excluding hydrogens is 490 g/mol. The Morgan fingerprint density at radius 1 is 1.13 bits per heavy atom. The average Bonchev–Trinajstić information content (AvgIpc) is 3.42. The van der Waals surface area contributed by atoms with Gasteiger partial charge in [0.15, 0.2) is 0 Å². The summed E-state index contributed by atoms with van der Waals surface area (Å²) in [6, 6.07) is 3.97. The number of esters is 1. The molecule has 10 nitrogen and oxygen atoms in total. The van der Waals surface area contributed by atoms with Crippen LogP contribution in [0.5, 0.6) is 0 Å². The van der Waals surface area contributed by atoms with E-state index >= 15 is 0 Å². The van der Waals surface area contributed by atoms with Gasteiger partial charge in [-0.05, 0) is 78.9 Å². The molecule has 1 aliphatic carbocycles. The molecule has 1 saturated heterocycles. The summed E-state index contributed by atoms with van der Waals surface area (Å²) >= 11 is 0. The molecule has 3 aliphatic rings. The Balaban J connectivity index is 1.33. The van der Waals surface area contributed by atoms with Crippen LogP contribution in [-0.2, 0) is 23.9 Å². The Labute approximate surface area is 222 Å². The molecule has 1 saturated carbocycles. The first kappa shape index (κ1) is 27.8. The van der Waals surface area contributed by atoms with Crippen molar-refractivity contribution in [2.45, 2.75) is 84.5 Å². The molecule has 206 valence electrons. The Morgan fingerprint density at radius 3 is 2.50 bits per heavy atom. The van der Waals surface area contributed by atoms with E-state index in [1.807, 2.05) is 41.5 Å². The molecule has 1 aromatic rings. The molecule has 0 aromatic heterocycles. The third kappa shape index (κ3) is 5.60. The second-order valence-corrected chi connectivity index (χ2v) is 12.2. The fourth-order valence-corrected chi connectivity index (χ4v) is 4.90. The van der Waals surface area contributed by atoms with E-state index in [9.17, 15) is 24.0 Å². The highest BCUT2D eigenvalue weighted by Crippen LogP contribution is 2.54. The quantitative estimate of drug-likeness (QED) is 0.370. The zero-order valence-corrected chi connectivity index (χ0v) is 22.9. The maximum atomic E-state index is 13.2. The average molecular weight is 528 g/mol. The monoisotopic (exact) mass is 527 g/mol. The van der Waals surface area contributed by atoms with Crippen molar-refractivity contribution in [3.8, 4) is 0 Å². The molecule has 1 aromatic carbocycles. The van der Waals surface area contributed by atoms with Gasteiger partial charge in [0.1, 0.15) is 11.6 Å². The van der Waals surface area contributed by atoms with Crippen LogP contribution >= 0.6 is 0 Å². The lowest BCUT2D eigenvalue weighted by Gasteiger charge is -2.28. The van der Waals surface area contributed by atoms with E-state index in [-0.39, 0.29) is 35.9 Å². The van der Waals surface area contributed by atoms with E-state index in [4.69, 9.17) is 9.47 Å². The van der Waals surface area contributed by atoms with Gasteiger partial charge in [-0.15, -0.1) is 0 Å². The number of anilines is 1. The van der Waals surface area contributed by atoms with Gasteiger partial charge in [-0.25, -0.2) is 0 Å². The number of rotatable bonds is 9. The summed E-state index contributed by atoms with van der Waals surface area (Å²) in [4.78, 5) is 63.6. The van der Waals surface area contributed by atoms with E-state index in [0.717, 1.165) is 11.3 Å². The Hall–Kier alpha value is -3.27. The maximum absolute atomic E-state index is 13.2. The molecule has 2 fully saturated rings. The molecule has 4 amide bonds. The van der Waals surface area contributed by atoms with Crippen molar-refractivity contribution in [3.63, 3.8) is 0 Å². The number of ether oxygens (including phenoxy) is 2. The molecule has 2 aliphatic heterocycles. The van der Waals surface area contributed by atoms with Crippen molar-refractivity contribution in [1.82, 2.24) is 10.2 Å². The van der Waals surface area contributed by atoms with E-state index < -0.39 is 46.3 Å². The van der Waals surface area contributed by atoms with Crippen molar-refractivity contribution in [2.24, 2.45) is 11.3 Å². The maximum Gasteiger partial charge on any atom is 0.312 e. The molecule has 38 heavy (non-hydrogen) atoms. The molecule has 3 unspecified atom stereocenters. The number of benzene rings is 1. The highest BCUT2D eigenvalue weighted by atomic mass is 16.6. The third-order valence-electron chi connectivity index (χ3n) is 7.46. The second kappa shape index (κ2) is 9.80. The summed E-state index contributed by atoms with van der Waals surface area (Å²) in [5, 5.41) is 5.45. The number of amides is 4. The number of imide groups is 2. The Morgan fingerprint density at radius 2 is 1.84 bits per heavy atom. The molecule has 3 atom stereocenters. The summed E-state index contributed by atoms with van der Waals surface area (Å²) in [5.41, 5.74) is -0.579. The van der Waals surface area contributed by atoms with Gasteiger partial charge in [0, 0.05) is 18.7 Å². The van der Waals surface area contributed by atoms with Crippen molar-refractivity contribution >= 4 is 35.3 Å². The first-order valence-electron chi connectivity index (χ1n) is 13.1. The van der Waals surface area contributed by atoms with Crippen LogP contribution in [0.15, 0.2) is 18.2 Å². The minimum Gasteiger partial charge on any atom is -0.460 e. The van der Waals surface area contributed by atoms with E-state index in [0.29, 0.717) is 25.3 Å². The molecule has 2 heterocycles. The van der Waals surface area contributed by atoms with Gasteiger partial charge in [0.2, 0.25) is 11.8 Å². The first-order valence-corrected chi connectivity index (χ1v) is 13.1. The minimum atomic E-state index is -1.01. The van der Waals surface area contributed by atoms with Crippen molar-refractivity contribution in [1.29, 1.82) is 0 Å². The Kier molecular flexibility index (Phi) is 7.16. The lowest BCUT2D eigenvalue weighted by atomic mass is 10.0. The third-order valence-corrected chi connectivity index (χ3v) is 7.46. The summed E-state index contributed by atoms with van der Waals surface area (Å²) in [6.45, 7) is 12.3. The standard InChI is InChI=1S/C28H37N3O7/c1-26(2,3)38-25(36)28(6)14-16(28)15-37-27(4,5)12-13-29-18-9-7-8-17-21(18)24(35)31(23(17)34)19-10-11-20(32)30-22(19)33/h7-9,16,19,29H,10-15H2,1-6H3,(H,30,32,33). The van der Waals surface area contributed by atoms with E-state index in [1.54, 1.807) is 18.2 Å². The van der Waals surface area contributed by atoms with Crippen LogP contribution in [-0.4, -0.2) is 64.9 Å². The van der Waals surface area contributed by atoms with Gasteiger partial charge in [0.25, 0.3) is 11.8 Å². The van der Waals surface area contributed by atoms with Crippen LogP contribution in [0.25, 0.3) is 0 Å². The zero-order chi connectivity index (χ0) is 28.0. The van der Waals surface area contributed by atoms with Gasteiger partial charge < -0.3 is 14.8 Å². The zero-order valence-electron chi connectivity index (χ0n) is 22.9. The fourth-order valence-electron chi connectivity index (χ4n) is 4.90. The van der Waals surface area contributed by atoms with Crippen LogP contribution in [0.3, 0.4) is 0 Å². The molecule has 0 radical (unpaired) electrons. The second-order valence-electron chi connectivity index (χ2n) is 12.2. The van der Waals surface area contributed by atoms with Gasteiger partial charge in [-0.3, -0.25) is 34.2 Å². The predicted molar refractivity (Wildman–Crippen MR) is 138 cm³/mol. The van der Waals surface area contributed by atoms with Crippen molar-refractivity contribution < 1.29 is 33.4 Å². The topological polar surface area (TPSA) is 131 Å². The first-order chi connectivity index (χ1) is 17.6. The smallest absolute Gasteiger partial charge is 0.312 e. The van der Waals surface area contributed by atoms with Crippen molar-refractivity contribution in [2.75, 3.05) is 18.5 Å². The number of fused-ring (bicyclic) bond motifs is 1. The minimum absolute atomic E-state index is 0.0712. The van der Waals surface area contributed by atoms with Crippen molar-refractivity contribution in [3.05, 3.63) is 29.3 Å². The summed E-state index contributed by atoms with van der Waals surface area (Å²) < 4.78 is 11.7.